The number of fused-ring (bicyclic) bond motifs is 1. The fourth-order valence-electron chi connectivity index (χ4n) is 7.13. The number of alkyl halides is 3. The molecule has 8 heteroatoms. The second-order valence-electron chi connectivity index (χ2n) is 12.6. The third-order valence-corrected chi connectivity index (χ3v) is 9.54. The van der Waals surface area contributed by atoms with E-state index in [1.165, 1.54) is 36.5 Å². The zero-order valence-electron chi connectivity index (χ0n) is 25.0. The first kappa shape index (κ1) is 32.4. The molecule has 0 heterocycles. The maximum absolute atomic E-state index is 15.8. The lowest BCUT2D eigenvalue weighted by atomic mass is 9.74. The maximum atomic E-state index is 15.8. The molecule has 0 N–H and O–H groups in total. The van der Waals surface area contributed by atoms with Gasteiger partial charge >= 0.3 is 6.36 Å². The van der Waals surface area contributed by atoms with Crippen molar-refractivity contribution in [1.29, 1.82) is 0 Å². The summed E-state index contributed by atoms with van der Waals surface area (Å²) in [7, 11) is 0. The molecular weight excluding hydrogens is 581 g/mol. The summed E-state index contributed by atoms with van der Waals surface area (Å²) >= 11 is 0. The Morgan fingerprint density at radius 2 is 1.36 bits per heavy atom. The van der Waals surface area contributed by atoms with Crippen LogP contribution in [0.4, 0.5) is 30.7 Å². The Labute approximate surface area is 254 Å². The zero-order valence-corrected chi connectivity index (χ0v) is 25.0. The third kappa shape index (κ3) is 7.78. The van der Waals surface area contributed by atoms with Crippen LogP contribution in [-0.4, -0.2) is 6.36 Å². The fraction of sp³-hybridized carbons (Fsp3) is 0.500. The number of aryl methyl sites for hydroxylation is 2. The van der Waals surface area contributed by atoms with Crippen molar-refractivity contribution < 1.29 is 35.5 Å². The lowest BCUT2D eigenvalue weighted by Gasteiger charge is -2.32. The van der Waals surface area contributed by atoms with Crippen molar-refractivity contribution in [1.82, 2.24) is 0 Å². The lowest BCUT2D eigenvalue weighted by Crippen LogP contribution is -2.21. The lowest BCUT2D eigenvalue weighted by molar-refractivity contribution is -0.276. The first-order valence-corrected chi connectivity index (χ1v) is 15.8. The molecule has 0 amide bonds. The van der Waals surface area contributed by atoms with Crippen molar-refractivity contribution in [3.8, 4) is 5.75 Å². The minimum atomic E-state index is -5.22. The van der Waals surface area contributed by atoms with E-state index in [0.717, 1.165) is 43.4 Å². The molecule has 0 saturated heterocycles. The molecular formula is C36H39F7O. The Balaban J connectivity index is 1.19. The molecule has 1 atom stereocenters. The number of halogens is 7. The van der Waals surface area contributed by atoms with Crippen LogP contribution in [0.1, 0.15) is 110 Å². The van der Waals surface area contributed by atoms with Crippen LogP contribution in [0.5, 0.6) is 5.75 Å². The van der Waals surface area contributed by atoms with Gasteiger partial charge in [-0.2, -0.15) is 0 Å². The Morgan fingerprint density at radius 1 is 0.750 bits per heavy atom. The summed E-state index contributed by atoms with van der Waals surface area (Å²) in [4.78, 5) is 0. The second kappa shape index (κ2) is 13.9. The van der Waals surface area contributed by atoms with Gasteiger partial charge in [0.25, 0.3) is 0 Å². The summed E-state index contributed by atoms with van der Waals surface area (Å²) in [6, 6.07) is 12.0. The molecule has 1 unspecified atom stereocenters. The van der Waals surface area contributed by atoms with E-state index >= 15 is 8.78 Å². The largest absolute Gasteiger partial charge is 0.573 e. The van der Waals surface area contributed by atoms with Crippen LogP contribution in [0.2, 0.25) is 0 Å². The van der Waals surface area contributed by atoms with Gasteiger partial charge in [0.2, 0.25) is 5.75 Å². The number of hydrogen-bond acceptors (Lipinski definition) is 1. The van der Waals surface area contributed by atoms with Crippen LogP contribution in [-0.2, 0) is 25.7 Å². The van der Waals surface area contributed by atoms with Crippen LogP contribution in [0.3, 0.4) is 0 Å². The van der Waals surface area contributed by atoms with Gasteiger partial charge in [0.15, 0.2) is 11.6 Å². The van der Waals surface area contributed by atoms with E-state index in [9.17, 15) is 22.0 Å². The smallest absolute Gasteiger partial charge is 0.399 e. The van der Waals surface area contributed by atoms with Crippen molar-refractivity contribution in [2.45, 2.75) is 109 Å². The molecule has 0 aliphatic heterocycles. The minimum absolute atomic E-state index is 0.0889. The highest BCUT2D eigenvalue weighted by Crippen LogP contribution is 2.45. The van der Waals surface area contributed by atoms with Gasteiger partial charge < -0.3 is 4.74 Å². The predicted octanol–water partition coefficient (Wildman–Crippen LogP) is 11.1. The highest BCUT2D eigenvalue weighted by molar-refractivity contribution is 5.40. The van der Waals surface area contributed by atoms with Crippen molar-refractivity contribution in [3.05, 3.63) is 99.1 Å². The SMILES string of the molecule is CCCCCc1ccc(CCC2CCc3c(cc(F)c(C4CCC(c5cc(F)c(OC(F)(F)F)c(F)c5)CC4)c3F)C2)cc1. The average molecular weight is 621 g/mol. The first-order valence-electron chi connectivity index (χ1n) is 15.8. The Kier molecular flexibility index (Phi) is 10.3. The van der Waals surface area contributed by atoms with Crippen molar-refractivity contribution >= 4 is 0 Å². The summed E-state index contributed by atoms with van der Waals surface area (Å²) in [5, 5.41) is 0. The Morgan fingerprint density at radius 3 is 1.98 bits per heavy atom. The summed E-state index contributed by atoms with van der Waals surface area (Å²) in [6.07, 6.45) is 5.12. The van der Waals surface area contributed by atoms with Crippen molar-refractivity contribution in [3.63, 3.8) is 0 Å². The van der Waals surface area contributed by atoms with E-state index in [4.69, 9.17) is 0 Å². The molecule has 2 aliphatic carbocycles. The third-order valence-electron chi connectivity index (χ3n) is 9.54. The van der Waals surface area contributed by atoms with Gasteiger partial charge in [-0.3, -0.25) is 0 Å². The summed E-state index contributed by atoms with van der Waals surface area (Å²) in [5.41, 5.74) is 4.29. The highest BCUT2D eigenvalue weighted by Gasteiger charge is 2.35. The summed E-state index contributed by atoms with van der Waals surface area (Å²) in [5.74, 6) is -5.71. The van der Waals surface area contributed by atoms with E-state index in [2.05, 4.69) is 35.9 Å². The molecule has 3 aromatic rings. The van der Waals surface area contributed by atoms with E-state index < -0.39 is 35.4 Å². The van der Waals surface area contributed by atoms with Crippen LogP contribution < -0.4 is 4.74 Å². The topological polar surface area (TPSA) is 9.23 Å². The molecule has 0 aromatic heterocycles. The normalized spacial score (nSPS) is 20.4. The molecule has 44 heavy (non-hydrogen) atoms. The molecule has 1 fully saturated rings. The minimum Gasteiger partial charge on any atom is -0.399 e. The Bertz CT molecular complexity index is 1400. The number of ether oxygens (including phenoxy) is 1. The van der Waals surface area contributed by atoms with Crippen LogP contribution in [0.15, 0.2) is 42.5 Å². The molecule has 0 spiro atoms. The van der Waals surface area contributed by atoms with Gasteiger partial charge in [-0.15, -0.1) is 13.2 Å². The zero-order chi connectivity index (χ0) is 31.4. The van der Waals surface area contributed by atoms with E-state index in [1.807, 2.05) is 0 Å². The van der Waals surface area contributed by atoms with Gasteiger partial charge in [-0.05, 0) is 134 Å². The van der Waals surface area contributed by atoms with Gasteiger partial charge in [0.1, 0.15) is 11.6 Å². The number of rotatable bonds is 10. The number of unbranched alkanes of at least 4 members (excludes halogenated alkanes) is 2. The molecule has 0 bridgehead atoms. The van der Waals surface area contributed by atoms with Gasteiger partial charge in [0, 0.05) is 5.56 Å². The molecule has 2 aliphatic rings. The first-order chi connectivity index (χ1) is 21.0. The standard InChI is InChI=1S/C36H39F7O/c1-2-3-4-5-22-6-8-23(9-7-22)10-11-24-12-17-29-28(18-24)21-30(37)33(34(29)40)26-15-13-25(14-16-26)27-19-31(38)35(32(39)20-27)44-36(41,42)43/h6-9,19-21,24-26H,2-5,10-18H2,1H3. The van der Waals surface area contributed by atoms with Crippen molar-refractivity contribution in [2.75, 3.05) is 0 Å². The molecule has 1 saturated carbocycles. The average Bonchev–Trinajstić information content (AvgIpc) is 2.98. The summed E-state index contributed by atoms with van der Waals surface area (Å²) < 4.78 is 101. The Hall–Kier alpha value is -3.03. The van der Waals surface area contributed by atoms with Gasteiger partial charge in [0.05, 0.1) is 0 Å². The number of benzene rings is 3. The van der Waals surface area contributed by atoms with E-state index in [0.29, 0.717) is 50.0 Å². The number of hydrogen-bond donors (Lipinski definition) is 0. The van der Waals surface area contributed by atoms with Crippen LogP contribution >= 0.6 is 0 Å². The molecule has 238 valence electrons. The van der Waals surface area contributed by atoms with Gasteiger partial charge in [-0.1, -0.05) is 44.0 Å². The monoisotopic (exact) mass is 620 g/mol. The molecule has 0 radical (unpaired) electrons. The van der Waals surface area contributed by atoms with Gasteiger partial charge in [-0.25, -0.2) is 17.6 Å². The van der Waals surface area contributed by atoms with Crippen molar-refractivity contribution in [2.24, 2.45) is 5.92 Å². The predicted molar refractivity (Wildman–Crippen MR) is 157 cm³/mol. The van der Waals surface area contributed by atoms with E-state index in [1.54, 1.807) is 0 Å². The maximum Gasteiger partial charge on any atom is 0.573 e. The van der Waals surface area contributed by atoms with Crippen LogP contribution in [0, 0.1) is 29.2 Å². The molecule has 3 aromatic carbocycles. The quantitative estimate of drug-likeness (QED) is 0.162. The fourth-order valence-corrected chi connectivity index (χ4v) is 7.13. The molecule has 5 rings (SSSR count). The van der Waals surface area contributed by atoms with E-state index in [-0.39, 0.29) is 23.0 Å². The second-order valence-corrected chi connectivity index (χ2v) is 12.6. The summed E-state index contributed by atoms with van der Waals surface area (Å²) in [6.45, 7) is 2.20. The van der Waals surface area contributed by atoms with Crippen LogP contribution in [0.25, 0.3) is 0 Å². The highest BCUT2D eigenvalue weighted by atomic mass is 19.4. The molecule has 1 nitrogen and oxygen atoms in total.